The summed E-state index contributed by atoms with van der Waals surface area (Å²) in [6.07, 6.45) is -2.72. The van der Waals surface area contributed by atoms with Crippen LogP contribution in [0, 0.1) is 11.8 Å². The van der Waals surface area contributed by atoms with Gasteiger partial charge in [0.15, 0.2) is 29.3 Å². The molecular formula is C20H20O8. The molecule has 8 heteroatoms. The maximum Gasteiger partial charge on any atom is 0.313 e. The molecule has 4 rings (SSSR count). The van der Waals surface area contributed by atoms with E-state index >= 15 is 0 Å². The minimum absolute atomic E-state index is 0.0376. The van der Waals surface area contributed by atoms with Crippen molar-refractivity contribution in [3.8, 4) is 23.0 Å². The Kier molecular flexibility index (Phi) is 4.52. The van der Waals surface area contributed by atoms with E-state index in [9.17, 15) is 20.1 Å². The zero-order valence-electron chi connectivity index (χ0n) is 15.2. The van der Waals surface area contributed by atoms with Gasteiger partial charge in [-0.15, -0.1) is 0 Å². The molecule has 0 amide bonds. The summed E-state index contributed by atoms with van der Waals surface area (Å²) in [6.45, 7) is 0. The number of benzene rings is 2. The largest absolute Gasteiger partial charge is 0.504 e. The number of ether oxygens (including phenoxy) is 4. The Bertz CT molecular complexity index is 860. The molecule has 2 aromatic carbocycles. The van der Waals surface area contributed by atoms with E-state index in [0.29, 0.717) is 11.1 Å². The van der Waals surface area contributed by atoms with Crippen LogP contribution in [-0.2, 0) is 14.3 Å². The van der Waals surface area contributed by atoms with E-state index in [2.05, 4.69) is 0 Å². The summed E-state index contributed by atoms with van der Waals surface area (Å²) in [5.41, 5.74) is 1.17. The number of phenols is 2. The molecule has 0 saturated carbocycles. The zero-order chi connectivity index (χ0) is 20.0. The number of aromatic hydroxyl groups is 2. The Labute approximate surface area is 160 Å². The van der Waals surface area contributed by atoms with Crippen LogP contribution in [0.4, 0.5) is 0 Å². The Morgan fingerprint density at radius 3 is 1.96 bits per heavy atom. The minimum atomic E-state index is -1.23. The maximum absolute atomic E-state index is 12.6. The van der Waals surface area contributed by atoms with Crippen LogP contribution in [0.25, 0.3) is 0 Å². The van der Waals surface area contributed by atoms with Gasteiger partial charge in [-0.25, -0.2) is 0 Å². The van der Waals surface area contributed by atoms with Crippen molar-refractivity contribution in [2.24, 2.45) is 11.8 Å². The molecule has 3 N–H and O–H groups in total. The molecule has 0 unspecified atom stereocenters. The summed E-state index contributed by atoms with van der Waals surface area (Å²) >= 11 is 0. The van der Waals surface area contributed by atoms with Crippen LogP contribution < -0.4 is 9.47 Å². The average molecular weight is 388 g/mol. The third-order valence-corrected chi connectivity index (χ3v) is 5.29. The van der Waals surface area contributed by atoms with Crippen LogP contribution >= 0.6 is 0 Å². The lowest BCUT2D eigenvalue weighted by atomic mass is 9.83. The highest BCUT2D eigenvalue weighted by atomic mass is 16.6. The number of phenolic OH excluding ortho intramolecular Hbond substituents is 2. The fraction of sp³-hybridized carbons (Fsp3) is 0.350. The quantitative estimate of drug-likeness (QED) is 0.682. The van der Waals surface area contributed by atoms with Gasteiger partial charge >= 0.3 is 5.97 Å². The Morgan fingerprint density at radius 2 is 1.43 bits per heavy atom. The summed E-state index contributed by atoms with van der Waals surface area (Å²) < 4.78 is 21.5. The highest BCUT2D eigenvalue weighted by Crippen LogP contribution is 2.54. The Morgan fingerprint density at radius 1 is 0.893 bits per heavy atom. The van der Waals surface area contributed by atoms with Gasteiger partial charge in [-0.1, -0.05) is 12.1 Å². The van der Waals surface area contributed by atoms with E-state index in [-0.39, 0.29) is 23.0 Å². The predicted octanol–water partition coefficient (Wildman–Crippen LogP) is 2.04. The summed E-state index contributed by atoms with van der Waals surface area (Å²) in [5.74, 6) is -1.44. The van der Waals surface area contributed by atoms with Crippen LogP contribution in [0.2, 0.25) is 0 Å². The highest BCUT2D eigenvalue weighted by molar-refractivity contribution is 5.77. The molecule has 2 aromatic rings. The van der Waals surface area contributed by atoms with Crippen LogP contribution in [0.15, 0.2) is 36.4 Å². The molecule has 148 valence electrons. The van der Waals surface area contributed by atoms with Crippen LogP contribution in [0.1, 0.15) is 23.3 Å². The van der Waals surface area contributed by atoms with Gasteiger partial charge in [-0.3, -0.25) is 4.79 Å². The van der Waals surface area contributed by atoms with Crippen molar-refractivity contribution in [3.05, 3.63) is 47.5 Å². The van der Waals surface area contributed by atoms with E-state index in [1.165, 1.54) is 26.4 Å². The smallest absolute Gasteiger partial charge is 0.313 e. The highest BCUT2D eigenvalue weighted by Gasteiger charge is 2.58. The molecule has 0 spiro atoms. The van der Waals surface area contributed by atoms with Crippen molar-refractivity contribution < 1.29 is 39.1 Å². The first-order valence-electron chi connectivity index (χ1n) is 8.72. The number of hydrogen-bond donors (Lipinski definition) is 3. The number of esters is 1. The number of aliphatic hydroxyl groups excluding tert-OH is 1. The first-order chi connectivity index (χ1) is 13.4. The molecule has 2 heterocycles. The van der Waals surface area contributed by atoms with Gasteiger partial charge in [-0.05, 0) is 35.4 Å². The molecule has 2 aliphatic heterocycles. The standard InChI is InChI=1S/C20H20O8/c1-25-13-7-9(3-5-11(13)21)17-15-16(20(24)27-17)18(28-19(15)23)10-4-6-12(22)14(8-10)26-2/h3-8,15-19,21-23H,1-2H3/t15-,16-,17+,18+,19+/m1/s1. The van der Waals surface area contributed by atoms with Crippen molar-refractivity contribution in [2.75, 3.05) is 14.2 Å². The maximum atomic E-state index is 12.6. The normalized spacial score (nSPS) is 28.7. The molecule has 2 saturated heterocycles. The van der Waals surface area contributed by atoms with Gasteiger partial charge in [0.25, 0.3) is 0 Å². The van der Waals surface area contributed by atoms with E-state index in [1.807, 2.05) is 0 Å². The van der Waals surface area contributed by atoms with Crippen molar-refractivity contribution in [3.63, 3.8) is 0 Å². The number of carbonyl (C=O) groups excluding carboxylic acids is 1. The summed E-state index contributed by atoms with van der Waals surface area (Å²) in [5, 5.41) is 30.1. The minimum Gasteiger partial charge on any atom is -0.504 e. The molecule has 0 aliphatic carbocycles. The Hall–Kier alpha value is -2.97. The summed E-state index contributed by atoms with van der Waals surface area (Å²) in [4.78, 5) is 12.6. The number of cyclic esters (lactones) is 1. The molecule has 28 heavy (non-hydrogen) atoms. The Balaban J connectivity index is 1.68. The van der Waals surface area contributed by atoms with Gasteiger partial charge in [0.2, 0.25) is 0 Å². The second-order valence-corrected chi connectivity index (χ2v) is 6.77. The molecule has 0 radical (unpaired) electrons. The molecule has 0 bridgehead atoms. The first kappa shape index (κ1) is 18.4. The van der Waals surface area contributed by atoms with E-state index in [0.717, 1.165) is 0 Å². The predicted molar refractivity (Wildman–Crippen MR) is 95.0 cm³/mol. The number of carbonyl (C=O) groups is 1. The number of methoxy groups -OCH3 is 2. The fourth-order valence-corrected chi connectivity index (χ4v) is 3.92. The monoisotopic (exact) mass is 388 g/mol. The fourth-order valence-electron chi connectivity index (χ4n) is 3.92. The average Bonchev–Trinajstić information content (AvgIpc) is 3.21. The molecule has 5 atom stereocenters. The number of rotatable bonds is 4. The van der Waals surface area contributed by atoms with Crippen LogP contribution in [-0.4, -0.2) is 41.8 Å². The van der Waals surface area contributed by atoms with E-state index < -0.39 is 36.3 Å². The first-order valence-corrected chi connectivity index (χ1v) is 8.72. The van der Waals surface area contributed by atoms with Crippen molar-refractivity contribution in [1.82, 2.24) is 0 Å². The van der Waals surface area contributed by atoms with E-state index in [4.69, 9.17) is 18.9 Å². The van der Waals surface area contributed by atoms with Gasteiger partial charge in [-0.2, -0.15) is 0 Å². The van der Waals surface area contributed by atoms with Gasteiger partial charge in [0, 0.05) is 0 Å². The van der Waals surface area contributed by atoms with E-state index in [1.54, 1.807) is 24.3 Å². The third kappa shape index (κ3) is 2.81. The van der Waals surface area contributed by atoms with Crippen LogP contribution in [0.5, 0.6) is 23.0 Å². The third-order valence-electron chi connectivity index (χ3n) is 5.29. The number of fused-ring (bicyclic) bond motifs is 1. The number of aliphatic hydroxyl groups is 1. The van der Waals surface area contributed by atoms with Gasteiger partial charge < -0.3 is 34.3 Å². The van der Waals surface area contributed by atoms with Gasteiger partial charge in [0.05, 0.1) is 32.2 Å². The molecule has 2 fully saturated rings. The lowest BCUT2D eigenvalue weighted by molar-refractivity contribution is -0.159. The lowest BCUT2D eigenvalue weighted by Crippen LogP contribution is -2.22. The second kappa shape index (κ2) is 6.88. The molecule has 0 aromatic heterocycles. The van der Waals surface area contributed by atoms with Crippen molar-refractivity contribution >= 4 is 5.97 Å². The van der Waals surface area contributed by atoms with Crippen LogP contribution in [0.3, 0.4) is 0 Å². The molecule has 8 nitrogen and oxygen atoms in total. The molecular weight excluding hydrogens is 368 g/mol. The summed E-state index contributed by atoms with van der Waals surface area (Å²) in [6, 6.07) is 9.25. The lowest BCUT2D eigenvalue weighted by Gasteiger charge is -2.20. The topological polar surface area (TPSA) is 115 Å². The van der Waals surface area contributed by atoms with Crippen molar-refractivity contribution in [1.29, 1.82) is 0 Å². The SMILES string of the molecule is COc1cc([C@@H]2O[C@H](O)[C@@H]3[C@H]2C(=O)O[C@H]3c2ccc(O)c(OC)c2)ccc1O. The molecule has 2 aliphatic rings. The van der Waals surface area contributed by atoms with Crippen molar-refractivity contribution in [2.45, 2.75) is 18.5 Å². The zero-order valence-corrected chi connectivity index (χ0v) is 15.2. The number of hydrogen-bond acceptors (Lipinski definition) is 8. The summed E-state index contributed by atoms with van der Waals surface area (Å²) in [7, 11) is 2.84. The van der Waals surface area contributed by atoms with Gasteiger partial charge in [0.1, 0.15) is 6.10 Å². The second-order valence-electron chi connectivity index (χ2n) is 6.77.